The van der Waals surface area contributed by atoms with Gasteiger partial charge in [-0.25, -0.2) is 0 Å². The first-order chi connectivity index (χ1) is 6.72. The topological polar surface area (TPSA) is 27.0 Å². The maximum absolute atomic E-state index is 8.85. The van der Waals surface area contributed by atoms with Crippen LogP contribution in [-0.2, 0) is 0 Å². The summed E-state index contributed by atoms with van der Waals surface area (Å²) in [6.45, 7) is 8.09. The van der Waals surface area contributed by atoms with Gasteiger partial charge in [-0.3, -0.25) is 0 Å². The van der Waals surface area contributed by atoms with Gasteiger partial charge in [0.2, 0.25) is 0 Å². The van der Waals surface area contributed by atoms with Crippen LogP contribution < -0.4 is 0 Å². The first-order valence-electron chi connectivity index (χ1n) is 5.84. The number of rotatable bonds is 3. The van der Waals surface area contributed by atoms with E-state index in [1.54, 1.807) is 0 Å². The third kappa shape index (κ3) is 4.11. The molecule has 0 aromatic heterocycles. The lowest BCUT2D eigenvalue weighted by Crippen LogP contribution is -2.26. The number of hydrogen-bond donors (Lipinski definition) is 0. The predicted octanol–water partition coefficient (Wildman–Crippen LogP) is 2.66. The number of hydrogen-bond acceptors (Lipinski definition) is 2. The van der Waals surface area contributed by atoms with E-state index in [-0.39, 0.29) is 0 Å². The number of likely N-dealkylation sites (tertiary alicyclic amines) is 1. The number of nitrogens with zero attached hydrogens (tertiary/aromatic N) is 2. The summed E-state index contributed by atoms with van der Waals surface area (Å²) in [5, 5.41) is 8.85. The predicted molar refractivity (Wildman–Crippen MR) is 58.8 cm³/mol. The summed E-state index contributed by atoms with van der Waals surface area (Å²) < 4.78 is 0. The van der Waals surface area contributed by atoms with Gasteiger partial charge in [0, 0.05) is 5.92 Å². The lowest BCUT2D eigenvalue weighted by atomic mass is 10.0. The van der Waals surface area contributed by atoms with Gasteiger partial charge in [-0.2, -0.15) is 5.26 Å². The Labute approximate surface area is 87.9 Å². The van der Waals surface area contributed by atoms with E-state index in [1.165, 1.54) is 25.9 Å². The summed E-state index contributed by atoms with van der Waals surface area (Å²) in [6, 6.07) is 2.40. The van der Waals surface area contributed by atoms with Crippen molar-refractivity contribution in [2.45, 2.75) is 39.5 Å². The molecule has 0 N–H and O–H groups in total. The van der Waals surface area contributed by atoms with Crippen LogP contribution in [0.2, 0.25) is 0 Å². The van der Waals surface area contributed by atoms with Gasteiger partial charge < -0.3 is 4.90 Å². The van der Waals surface area contributed by atoms with E-state index in [0.717, 1.165) is 25.3 Å². The fraction of sp³-hybridized carbons (Fsp3) is 0.917. The standard InChI is InChI=1S/C12H22N2/c1-11(2)5-8-14-7-3-4-12(10-13)6-9-14/h11-12H,3-9H2,1-2H3. The van der Waals surface area contributed by atoms with Crippen molar-refractivity contribution in [3.05, 3.63) is 0 Å². The monoisotopic (exact) mass is 194 g/mol. The van der Waals surface area contributed by atoms with Crippen molar-refractivity contribution < 1.29 is 0 Å². The van der Waals surface area contributed by atoms with Crippen LogP contribution in [0.3, 0.4) is 0 Å². The third-order valence-electron chi connectivity index (χ3n) is 3.03. The zero-order chi connectivity index (χ0) is 10.4. The van der Waals surface area contributed by atoms with Crippen LogP contribution in [0.25, 0.3) is 0 Å². The molecule has 1 unspecified atom stereocenters. The molecule has 1 heterocycles. The second-order valence-electron chi connectivity index (χ2n) is 4.78. The molecule has 80 valence electrons. The highest BCUT2D eigenvalue weighted by Crippen LogP contribution is 2.17. The van der Waals surface area contributed by atoms with Crippen LogP contribution in [-0.4, -0.2) is 24.5 Å². The van der Waals surface area contributed by atoms with Gasteiger partial charge in [-0.1, -0.05) is 13.8 Å². The maximum Gasteiger partial charge on any atom is 0.0656 e. The molecule has 0 aromatic rings. The Balaban J connectivity index is 2.24. The molecule has 0 spiro atoms. The fourth-order valence-corrected chi connectivity index (χ4v) is 1.95. The highest BCUT2D eigenvalue weighted by molar-refractivity contribution is 4.85. The highest BCUT2D eigenvalue weighted by Gasteiger charge is 2.15. The quantitative estimate of drug-likeness (QED) is 0.690. The lowest BCUT2D eigenvalue weighted by Gasteiger charge is -2.20. The SMILES string of the molecule is CC(C)CCN1CCCC(C#N)CC1. The van der Waals surface area contributed by atoms with Crippen LogP contribution in [0.15, 0.2) is 0 Å². The minimum atomic E-state index is 0.319. The van der Waals surface area contributed by atoms with Crippen LogP contribution in [0, 0.1) is 23.2 Å². The smallest absolute Gasteiger partial charge is 0.0656 e. The number of nitriles is 1. The molecular formula is C12H22N2. The van der Waals surface area contributed by atoms with Gasteiger partial charge in [0.1, 0.15) is 0 Å². The average Bonchev–Trinajstić information content (AvgIpc) is 2.39. The molecule has 0 bridgehead atoms. The Morgan fingerprint density at radius 2 is 2.14 bits per heavy atom. The van der Waals surface area contributed by atoms with E-state index in [0.29, 0.717) is 5.92 Å². The molecule has 1 aliphatic rings. The first kappa shape index (κ1) is 11.5. The van der Waals surface area contributed by atoms with Gasteiger partial charge in [-0.05, 0) is 51.2 Å². The average molecular weight is 194 g/mol. The van der Waals surface area contributed by atoms with E-state index in [9.17, 15) is 0 Å². The lowest BCUT2D eigenvalue weighted by molar-refractivity contribution is 0.266. The molecule has 2 heteroatoms. The van der Waals surface area contributed by atoms with Crippen molar-refractivity contribution >= 4 is 0 Å². The van der Waals surface area contributed by atoms with Crippen molar-refractivity contribution in [1.82, 2.24) is 4.90 Å². The van der Waals surface area contributed by atoms with E-state index >= 15 is 0 Å². The molecule has 1 fully saturated rings. The molecule has 1 aliphatic heterocycles. The third-order valence-corrected chi connectivity index (χ3v) is 3.03. The first-order valence-corrected chi connectivity index (χ1v) is 5.84. The molecule has 1 saturated heterocycles. The molecule has 0 aliphatic carbocycles. The van der Waals surface area contributed by atoms with E-state index in [1.807, 2.05) is 0 Å². The van der Waals surface area contributed by atoms with Crippen LogP contribution in [0.5, 0.6) is 0 Å². The second-order valence-corrected chi connectivity index (χ2v) is 4.78. The Morgan fingerprint density at radius 1 is 1.36 bits per heavy atom. The molecule has 0 saturated carbocycles. The second kappa shape index (κ2) is 6.03. The molecule has 2 nitrogen and oxygen atoms in total. The summed E-state index contributed by atoms with van der Waals surface area (Å²) in [7, 11) is 0. The summed E-state index contributed by atoms with van der Waals surface area (Å²) in [5.41, 5.74) is 0. The van der Waals surface area contributed by atoms with Crippen molar-refractivity contribution in [2.24, 2.45) is 11.8 Å². The normalized spacial score (nSPS) is 24.6. The minimum absolute atomic E-state index is 0.319. The molecule has 0 amide bonds. The van der Waals surface area contributed by atoms with Crippen LogP contribution in [0.1, 0.15) is 39.5 Å². The Morgan fingerprint density at radius 3 is 2.79 bits per heavy atom. The van der Waals surface area contributed by atoms with Gasteiger partial charge in [0.15, 0.2) is 0 Å². The van der Waals surface area contributed by atoms with Crippen molar-refractivity contribution in [2.75, 3.05) is 19.6 Å². The highest BCUT2D eigenvalue weighted by atomic mass is 15.1. The minimum Gasteiger partial charge on any atom is -0.303 e. The van der Waals surface area contributed by atoms with Crippen LogP contribution in [0.4, 0.5) is 0 Å². The molecule has 14 heavy (non-hydrogen) atoms. The molecule has 0 radical (unpaired) electrons. The van der Waals surface area contributed by atoms with E-state index in [4.69, 9.17) is 5.26 Å². The summed E-state index contributed by atoms with van der Waals surface area (Å²) in [5.74, 6) is 1.11. The Bertz CT molecular complexity index is 193. The maximum atomic E-state index is 8.85. The van der Waals surface area contributed by atoms with Crippen molar-refractivity contribution in [1.29, 1.82) is 5.26 Å². The Hall–Kier alpha value is -0.550. The zero-order valence-electron chi connectivity index (χ0n) is 9.50. The van der Waals surface area contributed by atoms with Gasteiger partial charge in [0.25, 0.3) is 0 Å². The largest absolute Gasteiger partial charge is 0.303 e. The van der Waals surface area contributed by atoms with E-state index < -0.39 is 0 Å². The summed E-state index contributed by atoms with van der Waals surface area (Å²) >= 11 is 0. The molecular weight excluding hydrogens is 172 g/mol. The van der Waals surface area contributed by atoms with Gasteiger partial charge in [-0.15, -0.1) is 0 Å². The molecule has 1 rings (SSSR count). The summed E-state index contributed by atoms with van der Waals surface area (Å²) in [6.07, 6.45) is 4.68. The molecule has 0 aromatic carbocycles. The zero-order valence-corrected chi connectivity index (χ0v) is 9.50. The summed E-state index contributed by atoms with van der Waals surface area (Å²) in [4.78, 5) is 2.53. The van der Waals surface area contributed by atoms with E-state index in [2.05, 4.69) is 24.8 Å². The van der Waals surface area contributed by atoms with Gasteiger partial charge in [0.05, 0.1) is 6.07 Å². The molecule has 1 atom stereocenters. The van der Waals surface area contributed by atoms with Crippen molar-refractivity contribution in [3.63, 3.8) is 0 Å². The van der Waals surface area contributed by atoms with Crippen molar-refractivity contribution in [3.8, 4) is 6.07 Å². The van der Waals surface area contributed by atoms with Gasteiger partial charge >= 0.3 is 0 Å². The van der Waals surface area contributed by atoms with Crippen LogP contribution >= 0.6 is 0 Å². The Kier molecular flexibility index (Phi) is 4.97. The fourth-order valence-electron chi connectivity index (χ4n) is 1.95.